The van der Waals surface area contributed by atoms with Gasteiger partial charge in [-0.05, 0) is 44.6 Å². The van der Waals surface area contributed by atoms with Crippen LogP contribution in [0.3, 0.4) is 0 Å². The number of fused-ring (bicyclic) bond motifs is 2. The van der Waals surface area contributed by atoms with Crippen LogP contribution in [0.15, 0.2) is 24.3 Å². The minimum absolute atomic E-state index is 0.0566. The molecule has 1 aliphatic carbocycles. The van der Waals surface area contributed by atoms with E-state index in [0.717, 1.165) is 6.42 Å². The SMILES string of the molecule is Cc1ccc([C@@H]2OC(C)(C)[C@H]3CC(=O)[C@@H](C)[C@@H]2C3)cc1. The molecular weight excluding hydrogens is 248 g/mol. The molecule has 1 aromatic rings. The Labute approximate surface area is 121 Å². The zero-order chi connectivity index (χ0) is 14.5. The molecule has 3 rings (SSSR count). The molecule has 1 saturated carbocycles. The molecule has 108 valence electrons. The molecule has 1 aliphatic heterocycles. The molecule has 1 heterocycles. The average Bonchev–Trinajstić information content (AvgIpc) is 2.39. The van der Waals surface area contributed by atoms with E-state index < -0.39 is 0 Å². The van der Waals surface area contributed by atoms with Crippen LogP contribution in [0, 0.1) is 24.7 Å². The highest BCUT2D eigenvalue weighted by molar-refractivity contribution is 5.82. The van der Waals surface area contributed by atoms with Gasteiger partial charge in [0.15, 0.2) is 0 Å². The number of ketones is 1. The maximum absolute atomic E-state index is 12.3. The lowest BCUT2D eigenvalue weighted by atomic mass is 9.64. The van der Waals surface area contributed by atoms with Gasteiger partial charge in [-0.2, -0.15) is 0 Å². The van der Waals surface area contributed by atoms with E-state index in [-0.39, 0.29) is 17.6 Å². The van der Waals surface area contributed by atoms with Crippen LogP contribution >= 0.6 is 0 Å². The van der Waals surface area contributed by atoms with Crippen molar-refractivity contribution in [3.63, 3.8) is 0 Å². The summed E-state index contributed by atoms with van der Waals surface area (Å²) in [5.41, 5.74) is 2.27. The normalized spacial score (nSPS) is 35.9. The Kier molecular flexibility index (Phi) is 3.24. The van der Waals surface area contributed by atoms with Crippen molar-refractivity contribution in [2.75, 3.05) is 0 Å². The summed E-state index contributed by atoms with van der Waals surface area (Å²) in [5, 5.41) is 0. The highest BCUT2D eigenvalue weighted by atomic mass is 16.5. The number of benzene rings is 1. The van der Waals surface area contributed by atoms with E-state index in [2.05, 4.69) is 52.0 Å². The Bertz CT molecular complexity index is 515. The third-order valence-electron chi connectivity index (χ3n) is 5.36. The first kappa shape index (κ1) is 13.8. The molecule has 2 bridgehead atoms. The number of aryl methyl sites for hydroxylation is 1. The third kappa shape index (κ3) is 2.20. The van der Waals surface area contributed by atoms with Gasteiger partial charge in [-0.3, -0.25) is 4.79 Å². The molecule has 1 saturated heterocycles. The summed E-state index contributed by atoms with van der Waals surface area (Å²) in [5.74, 6) is 1.24. The second kappa shape index (κ2) is 4.70. The summed E-state index contributed by atoms with van der Waals surface area (Å²) >= 11 is 0. The largest absolute Gasteiger partial charge is 0.367 e. The number of Topliss-reactive ketones (excluding diaryl/α,β-unsaturated/α-hetero) is 1. The fourth-order valence-corrected chi connectivity index (χ4v) is 3.78. The Morgan fingerprint density at radius 1 is 1.20 bits per heavy atom. The van der Waals surface area contributed by atoms with Crippen molar-refractivity contribution < 1.29 is 9.53 Å². The number of hydrogen-bond acceptors (Lipinski definition) is 2. The summed E-state index contributed by atoms with van der Waals surface area (Å²) in [6, 6.07) is 8.57. The van der Waals surface area contributed by atoms with Crippen LogP contribution < -0.4 is 0 Å². The van der Waals surface area contributed by atoms with Gasteiger partial charge in [0.1, 0.15) is 5.78 Å². The van der Waals surface area contributed by atoms with Crippen LogP contribution in [0.5, 0.6) is 0 Å². The number of carbonyl (C=O) groups is 1. The van der Waals surface area contributed by atoms with Crippen molar-refractivity contribution in [1.29, 1.82) is 0 Å². The molecule has 0 spiro atoms. The lowest BCUT2D eigenvalue weighted by Gasteiger charge is -2.51. The van der Waals surface area contributed by atoms with Gasteiger partial charge in [-0.15, -0.1) is 0 Å². The van der Waals surface area contributed by atoms with E-state index in [4.69, 9.17) is 4.74 Å². The monoisotopic (exact) mass is 272 g/mol. The Morgan fingerprint density at radius 3 is 2.50 bits per heavy atom. The highest BCUT2D eigenvalue weighted by Gasteiger charge is 2.50. The van der Waals surface area contributed by atoms with Crippen LogP contribution in [0.2, 0.25) is 0 Å². The van der Waals surface area contributed by atoms with Crippen LogP contribution in [-0.2, 0) is 9.53 Å². The van der Waals surface area contributed by atoms with Crippen molar-refractivity contribution in [1.82, 2.24) is 0 Å². The van der Waals surface area contributed by atoms with Crippen LogP contribution in [0.1, 0.15) is 50.8 Å². The lowest BCUT2D eigenvalue weighted by Crippen LogP contribution is -2.51. The second-order valence-corrected chi connectivity index (χ2v) is 7.11. The second-order valence-electron chi connectivity index (χ2n) is 7.11. The van der Waals surface area contributed by atoms with E-state index in [1.807, 2.05) is 0 Å². The first-order valence-corrected chi connectivity index (χ1v) is 7.65. The Balaban J connectivity index is 1.97. The summed E-state index contributed by atoms with van der Waals surface area (Å²) in [6.45, 7) is 8.45. The minimum Gasteiger partial charge on any atom is -0.367 e. The van der Waals surface area contributed by atoms with Gasteiger partial charge in [-0.1, -0.05) is 36.8 Å². The predicted molar refractivity (Wildman–Crippen MR) is 79.5 cm³/mol. The van der Waals surface area contributed by atoms with Gasteiger partial charge in [0.05, 0.1) is 11.7 Å². The Hall–Kier alpha value is -1.15. The fourth-order valence-electron chi connectivity index (χ4n) is 3.78. The third-order valence-corrected chi connectivity index (χ3v) is 5.36. The molecule has 2 heteroatoms. The maximum atomic E-state index is 12.3. The summed E-state index contributed by atoms with van der Waals surface area (Å²) in [6.07, 6.45) is 1.85. The quantitative estimate of drug-likeness (QED) is 0.770. The molecule has 20 heavy (non-hydrogen) atoms. The summed E-state index contributed by atoms with van der Waals surface area (Å²) < 4.78 is 6.43. The molecule has 2 nitrogen and oxygen atoms in total. The molecule has 0 radical (unpaired) electrons. The standard InChI is InChI=1S/C18H24O2/c1-11-5-7-13(8-6-11)17-15-9-14(18(3,4)20-17)10-16(19)12(15)2/h5-8,12,14-15,17H,9-10H2,1-4H3/t12-,14+,15-,17-/m0/s1. The summed E-state index contributed by atoms with van der Waals surface area (Å²) in [4.78, 5) is 12.3. The first-order valence-electron chi connectivity index (χ1n) is 7.65. The van der Waals surface area contributed by atoms with E-state index >= 15 is 0 Å². The zero-order valence-corrected chi connectivity index (χ0v) is 12.8. The number of ether oxygens (including phenoxy) is 1. The number of hydrogen-bond donors (Lipinski definition) is 0. The van der Waals surface area contributed by atoms with Gasteiger partial charge in [0.2, 0.25) is 0 Å². The lowest BCUT2D eigenvalue weighted by molar-refractivity contribution is -0.197. The van der Waals surface area contributed by atoms with Crippen molar-refractivity contribution >= 4 is 5.78 Å². The molecule has 0 unspecified atom stereocenters. The smallest absolute Gasteiger partial charge is 0.136 e. The van der Waals surface area contributed by atoms with Crippen molar-refractivity contribution in [3.8, 4) is 0 Å². The molecule has 2 fully saturated rings. The minimum atomic E-state index is -0.206. The molecule has 1 aromatic carbocycles. The molecule has 0 aromatic heterocycles. The topological polar surface area (TPSA) is 26.3 Å². The van der Waals surface area contributed by atoms with Gasteiger partial charge in [-0.25, -0.2) is 0 Å². The number of carbonyl (C=O) groups excluding carboxylic acids is 1. The highest BCUT2D eigenvalue weighted by Crippen LogP contribution is 2.51. The zero-order valence-electron chi connectivity index (χ0n) is 12.8. The van der Waals surface area contributed by atoms with Crippen LogP contribution in [0.4, 0.5) is 0 Å². The van der Waals surface area contributed by atoms with Crippen molar-refractivity contribution in [3.05, 3.63) is 35.4 Å². The maximum Gasteiger partial charge on any atom is 0.136 e. The van der Waals surface area contributed by atoms with Gasteiger partial charge in [0, 0.05) is 12.3 Å². The van der Waals surface area contributed by atoms with E-state index in [1.165, 1.54) is 11.1 Å². The summed E-state index contributed by atoms with van der Waals surface area (Å²) in [7, 11) is 0. The van der Waals surface area contributed by atoms with Gasteiger partial charge >= 0.3 is 0 Å². The fraction of sp³-hybridized carbons (Fsp3) is 0.611. The molecule has 2 aliphatic rings. The number of rotatable bonds is 1. The van der Waals surface area contributed by atoms with Gasteiger partial charge in [0.25, 0.3) is 0 Å². The van der Waals surface area contributed by atoms with E-state index in [1.54, 1.807) is 0 Å². The van der Waals surface area contributed by atoms with E-state index in [0.29, 0.717) is 24.0 Å². The van der Waals surface area contributed by atoms with Crippen molar-refractivity contribution in [2.45, 2.75) is 52.2 Å². The average molecular weight is 272 g/mol. The molecule has 4 atom stereocenters. The van der Waals surface area contributed by atoms with Crippen molar-refractivity contribution in [2.24, 2.45) is 17.8 Å². The molecular formula is C18H24O2. The molecule has 0 N–H and O–H groups in total. The Morgan fingerprint density at radius 2 is 1.85 bits per heavy atom. The van der Waals surface area contributed by atoms with Gasteiger partial charge < -0.3 is 4.74 Å². The predicted octanol–water partition coefficient (Wildman–Crippen LogP) is 4.08. The molecule has 0 amide bonds. The van der Waals surface area contributed by atoms with E-state index in [9.17, 15) is 4.79 Å². The van der Waals surface area contributed by atoms with Crippen LogP contribution in [-0.4, -0.2) is 11.4 Å². The first-order chi connectivity index (χ1) is 9.38. The van der Waals surface area contributed by atoms with Crippen LogP contribution in [0.25, 0.3) is 0 Å².